The van der Waals surface area contributed by atoms with Crippen LogP contribution < -0.4 is 21.3 Å². The van der Waals surface area contributed by atoms with Crippen molar-refractivity contribution in [1.82, 2.24) is 19.9 Å². The van der Waals surface area contributed by atoms with Gasteiger partial charge in [0.2, 0.25) is 10.0 Å². The zero-order valence-electron chi connectivity index (χ0n) is 11.3. The molecule has 112 valence electrons. The van der Waals surface area contributed by atoms with Crippen molar-refractivity contribution in [2.45, 2.75) is 4.90 Å². The number of nitrogens with zero attached hydrogens (tertiary/aromatic N) is 2. The minimum Gasteiger partial charge on any atom is -0.337 e. The lowest BCUT2D eigenvalue weighted by atomic mass is 10.5. The van der Waals surface area contributed by atoms with Crippen LogP contribution in [-0.4, -0.2) is 51.5 Å². The Hall–Kier alpha value is -1.91. The lowest BCUT2D eigenvalue weighted by molar-refractivity contribution is 0.217. The molecule has 10 heteroatoms. The number of carbonyl (C=O) groups is 1. The summed E-state index contributed by atoms with van der Waals surface area (Å²) in [4.78, 5) is 16.4. The highest BCUT2D eigenvalue weighted by Gasteiger charge is 2.14. The van der Waals surface area contributed by atoms with Crippen molar-refractivity contribution in [3.05, 3.63) is 18.3 Å². The Morgan fingerprint density at radius 1 is 1.40 bits per heavy atom. The van der Waals surface area contributed by atoms with Crippen LogP contribution in [0.2, 0.25) is 0 Å². The molecular formula is C10H18N6O3S. The monoisotopic (exact) mass is 302 g/mol. The third-order valence-electron chi connectivity index (χ3n) is 2.29. The highest BCUT2D eigenvalue weighted by molar-refractivity contribution is 7.89. The van der Waals surface area contributed by atoms with E-state index in [9.17, 15) is 13.2 Å². The zero-order valence-corrected chi connectivity index (χ0v) is 12.1. The molecule has 0 atom stereocenters. The van der Waals surface area contributed by atoms with Crippen LogP contribution in [-0.2, 0) is 10.0 Å². The summed E-state index contributed by atoms with van der Waals surface area (Å²) in [6, 6.07) is 2.37. The molecule has 20 heavy (non-hydrogen) atoms. The van der Waals surface area contributed by atoms with E-state index in [4.69, 9.17) is 5.84 Å². The molecule has 0 aromatic carbocycles. The molecule has 0 fully saturated rings. The number of hydrazine groups is 1. The molecule has 0 unspecified atom stereocenters. The fourth-order valence-corrected chi connectivity index (χ4v) is 2.30. The number of hydrogen-bond donors (Lipinski definition) is 4. The minimum absolute atomic E-state index is 0.0411. The van der Waals surface area contributed by atoms with Crippen molar-refractivity contribution in [2.75, 3.05) is 32.6 Å². The van der Waals surface area contributed by atoms with Gasteiger partial charge in [-0.2, -0.15) is 0 Å². The maximum atomic E-state index is 11.9. The van der Waals surface area contributed by atoms with Gasteiger partial charge >= 0.3 is 6.03 Å². The van der Waals surface area contributed by atoms with E-state index in [-0.39, 0.29) is 29.8 Å². The molecule has 0 saturated heterocycles. The summed E-state index contributed by atoms with van der Waals surface area (Å²) in [5.41, 5.74) is 2.27. The number of hydrogen-bond acceptors (Lipinski definition) is 6. The number of pyridine rings is 1. The van der Waals surface area contributed by atoms with E-state index in [1.165, 1.54) is 23.2 Å². The second kappa shape index (κ2) is 7.03. The molecule has 0 aliphatic carbocycles. The maximum Gasteiger partial charge on any atom is 0.316 e. The Kier molecular flexibility index (Phi) is 5.67. The van der Waals surface area contributed by atoms with Crippen molar-refractivity contribution < 1.29 is 13.2 Å². The molecule has 2 amide bonds. The number of anilines is 1. The average Bonchev–Trinajstić information content (AvgIpc) is 2.43. The molecule has 0 radical (unpaired) electrons. The number of nitrogens with one attached hydrogen (secondary N) is 3. The van der Waals surface area contributed by atoms with E-state index < -0.39 is 10.0 Å². The maximum absolute atomic E-state index is 11.9. The van der Waals surface area contributed by atoms with E-state index in [0.29, 0.717) is 0 Å². The number of sulfonamides is 1. The second-order valence-electron chi connectivity index (χ2n) is 4.05. The number of nitrogens with two attached hydrogens (primary N) is 1. The Morgan fingerprint density at radius 2 is 2.10 bits per heavy atom. The SMILES string of the molecule is CN(C)C(=O)NCCNS(=O)(=O)c1ccnc(NN)c1. The predicted octanol–water partition coefficient (Wildman–Crippen LogP) is -1.08. The summed E-state index contributed by atoms with van der Waals surface area (Å²) < 4.78 is 26.3. The number of nitrogen functional groups attached to an aromatic ring is 1. The molecule has 1 aromatic heterocycles. The van der Waals surface area contributed by atoms with Gasteiger partial charge in [-0.05, 0) is 6.07 Å². The van der Waals surface area contributed by atoms with Crippen LogP contribution >= 0.6 is 0 Å². The molecule has 0 aliphatic rings. The Balaban J connectivity index is 2.55. The van der Waals surface area contributed by atoms with Crippen molar-refractivity contribution in [3.8, 4) is 0 Å². The second-order valence-corrected chi connectivity index (χ2v) is 5.81. The lowest BCUT2D eigenvalue weighted by Gasteiger charge is -2.12. The van der Waals surface area contributed by atoms with Crippen LogP contribution in [0.4, 0.5) is 10.6 Å². The smallest absolute Gasteiger partial charge is 0.316 e. The third kappa shape index (κ3) is 4.64. The van der Waals surface area contributed by atoms with Gasteiger partial charge in [-0.3, -0.25) is 0 Å². The van der Waals surface area contributed by atoms with Crippen LogP contribution in [0.25, 0.3) is 0 Å². The third-order valence-corrected chi connectivity index (χ3v) is 3.75. The first-order chi connectivity index (χ1) is 9.36. The number of aromatic nitrogens is 1. The van der Waals surface area contributed by atoms with Crippen LogP contribution in [0.15, 0.2) is 23.2 Å². The molecule has 1 rings (SSSR count). The fourth-order valence-electron chi connectivity index (χ4n) is 1.25. The minimum atomic E-state index is -3.66. The lowest BCUT2D eigenvalue weighted by Crippen LogP contribution is -2.39. The number of urea groups is 1. The summed E-state index contributed by atoms with van der Waals surface area (Å²) in [6.07, 6.45) is 1.33. The first-order valence-electron chi connectivity index (χ1n) is 5.74. The first-order valence-corrected chi connectivity index (χ1v) is 7.22. The Bertz CT molecular complexity index is 560. The topological polar surface area (TPSA) is 129 Å². The van der Waals surface area contributed by atoms with Crippen LogP contribution in [0, 0.1) is 0 Å². The quantitative estimate of drug-likeness (QED) is 0.300. The van der Waals surface area contributed by atoms with Crippen LogP contribution in [0.5, 0.6) is 0 Å². The van der Waals surface area contributed by atoms with Gasteiger partial charge in [0.1, 0.15) is 5.82 Å². The highest BCUT2D eigenvalue weighted by Crippen LogP contribution is 2.11. The van der Waals surface area contributed by atoms with Crippen LogP contribution in [0.1, 0.15) is 0 Å². The molecule has 1 aromatic rings. The molecule has 0 bridgehead atoms. The van der Waals surface area contributed by atoms with Gasteiger partial charge < -0.3 is 15.6 Å². The Morgan fingerprint density at radius 3 is 2.70 bits per heavy atom. The molecule has 9 nitrogen and oxygen atoms in total. The molecule has 0 spiro atoms. The predicted molar refractivity (Wildman–Crippen MR) is 74.3 cm³/mol. The first kappa shape index (κ1) is 16.1. The number of carbonyl (C=O) groups excluding carboxylic acids is 1. The largest absolute Gasteiger partial charge is 0.337 e. The molecule has 1 heterocycles. The molecule has 0 aliphatic heterocycles. The number of rotatable bonds is 6. The standard InChI is InChI=1S/C10H18N6O3S/c1-16(2)10(17)13-5-6-14-20(18,19)8-3-4-12-9(7-8)15-11/h3-4,7,14H,5-6,11H2,1-2H3,(H,12,15)(H,13,17). The Labute approximate surface area is 117 Å². The summed E-state index contributed by atoms with van der Waals surface area (Å²) in [6.45, 7) is 0.263. The summed E-state index contributed by atoms with van der Waals surface area (Å²) >= 11 is 0. The summed E-state index contributed by atoms with van der Waals surface area (Å²) in [5, 5.41) is 2.54. The van der Waals surface area contributed by atoms with Crippen LogP contribution in [0.3, 0.4) is 0 Å². The molecule has 5 N–H and O–H groups in total. The van der Waals surface area contributed by atoms with Gasteiger partial charge in [0, 0.05) is 39.4 Å². The number of amides is 2. The highest BCUT2D eigenvalue weighted by atomic mass is 32.2. The molecular weight excluding hydrogens is 284 g/mol. The van der Waals surface area contributed by atoms with Crippen molar-refractivity contribution >= 4 is 21.9 Å². The van der Waals surface area contributed by atoms with Crippen molar-refractivity contribution in [3.63, 3.8) is 0 Å². The molecule has 0 saturated carbocycles. The normalized spacial score (nSPS) is 10.9. The van der Waals surface area contributed by atoms with E-state index >= 15 is 0 Å². The average molecular weight is 302 g/mol. The fraction of sp³-hybridized carbons (Fsp3) is 0.400. The van der Waals surface area contributed by atoms with E-state index in [2.05, 4.69) is 20.4 Å². The summed E-state index contributed by atoms with van der Waals surface area (Å²) in [5.74, 6) is 5.41. The van der Waals surface area contributed by atoms with Gasteiger partial charge in [-0.1, -0.05) is 0 Å². The van der Waals surface area contributed by atoms with Gasteiger partial charge in [0.25, 0.3) is 0 Å². The van der Waals surface area contributed by atoms with Gasteiger partial charge in [0.05, 0.1) is 4.90 Å². The van der Waals surface area contributed by atoms with Gasteiger partial charge in [0.15, 0.2) is 0 Å². The van der Waals surface area contributed by atoms with Gasteiger partial charge in [-0.25, -0.2) is 28.8 Å². The van der Waals surface area contributed by atoms with Crippen molar-refractivity contribution in [1.29, 1.82) is 0 Å². The van der Waals surface area contributed by atoms with E-state index in [1.807, 2.05) is 0 Å². The summed E-state index contributed by atoms with van der Waals surface area (Å²) in [7, 11) is -0.471. The zero-order chi connectivity index (χ0) is 15.2. The van der Waals surface area contributed by atoms with Gasteiger partial charge in [-0.15, -0.1) is 0 Å². The van der Waals surface area contributed by atoms with Crippen molar-refractivity contribution in [2.24, 2.45) is 5.84 Å². The van der Waals surface area contributed by atoms with E-state index in [1.54, 1.807) is 14.1 Å². The van der Waals surface area contributed by atoms with E-state index in [0.717, 1.165) is 0 Å².